The molecule has 0 aliphatic carbocycles. The highest BCUT2D eigenvalue weighted by Crippen LogP contribution is 2.22. The molecule has 0 radical (unpaired) electrons. The highest BCUT2D eigenvalue weighted by atomic mass is 16.5. The molecular weight excluding hydrogens is 206 g/mol. The van der Waals surface area contributed by atoms with Gasteiger partial charge in [-0.15, -0.1) is 0 Å². The summed E-state index contributed by atoms with van der Waals surface area (Å²) < 4.78 is 5.23. The van der Waals surface area contributed by atoms with Crippen LogP contribution in [0.3, 0.4) is 0 Å². The number of aryl methyl sites for hydroxylation is 1. The summed E-state index contributed by atoms with van der Waals surface area (Å²) in [4.78, 5) is 6.62. The Labute approximate surface area is 95.4 Å². The molecule has 1 N–H and O–H groups in total. The molecule has 1 aliphatic rings. The number of hydrogen-bond acceptors (Lipinski definition) is 5. The van der Waals surface area contributed by atoms with Crippen LogP contribution in [0.25, 0.3) is 0 Å². The Bertz CT molecular complexity index is 332. The molecular formula is C11H19N3O2. The third kappa shape index (κ3) is 2.41. The monoisotopic (exact) mass is 225 g/mol. The maximum Gasteiger partial charge on any atom is 0.243 e. The van der Waals surface area contributed by atoms with E-state index in [-0.39, 0.29) is 12.1 Å². The number of aromatic nitrogens is 2. The summed E-state index contributed by atoms with van der Waals surface area (Å²) in [6.45, 7) is 5.87. The second-order valence-electron chi connectivity index (χ2n) is 4.35. The number of aliphatic hydroxyl groups is 1. The van der Waals surface area contributed by atoms with Crippen LogP contribution in [-0.4, -0.2) is 39.3 Å². The third-order valence-electron chi connectivity index (χ3n) is 3.20. The molecule has 90 valence electrons. The first-order valence-corrected chi connectivity index (χ1v) is 5.95. The summed E-state index contributed by atoms with van der Waals surface area (Å²) in [5.74, 6) is 1.45. The van der Waals surface area contributed by atoms with E-state index >= 15 is 0 Å². The van der Waals surface area contributed by atoms with E-state index in [1.165, 1.54) is 0 Å². The molecule has 2 rings (SSSR count). The van der Waals surface area contributed by atoms with Crippen LogP contribution in [0, 0.1) is 0 Å². The quantitative estimate of drug-likeness (QED) is 0.836. The minimum atomic E-state index is -0.141. The first-order chi connectivity index (χ1) is 7.70. The van der Waals surface area contributed by atoms with Crippen molar-refractivity contribution < 1.29 is 9.63 Å². The number of aliphatic hydroxyl groups excluding tert-OH is 1. The number of rotatable bonds is 3. The van der Waals surface area contributed by atoms with Crippen molar-refractivity contribution in [2.24, 2.45) is 0 Å². The van der Waals surface area contributed by atoms with E-state index in [0.717, 1.165) is 38.2 Å². The van der Waals surface area contributed by atoms with Crippen LogP contribution in [0.5, 0.6) is 0 Å². The van der Waals surface area contributed by atoms with Gasteiger partial charge in [-0.25, -0.2) is 0 Å². The van der Waals surface area contributed by atoms with Gasteiger partial charge in [0.15, 0.2) is 5.82 Å². The molecule has 1 aliphatic heterocycles. The first kappa shape index (κ1) is 11.5. The maximum absolute atomic E-state index is 9.44. The number of nitrogens with zero attached hydrogens (tertiary/aromatic N) is 3. The molecule has 5 nitrogen and oxygen atoms in total. The van der Waals surface area contributed by atoms with Crippen molar-refractivity contribution in [2.75, 3.05) is 13.1 Å². The fourth-order valence-corrected chi connectivity index (χ4v) is 2.01. The fraction of sp³-hybridized carbons (Fsp3) is 0.818. The zero-order chi connectivity index (χ0) is 11.5. The Morgan fingerprint density at radius 3 is 2.75 bits per heavy atom. The summed E-state index contributed by atoms with van der Waals surface area (Å²) in [6.07, 6.45) is 2.32. The lowest BCUT2D eigenvalue weighted by atomic mass is 10.1. The van der Waals surface area contributed by atoms with Crippen LogP contribution in [-0.2, 0) is 6.42 Å². The summed E-state index contributed by atoms with van der Waals surface area (Å²) >= 11 is 0. The lowest BCUT2D eigenvalue weighted by Gasteiger charge is -2.32. The van der Waals surface area contributed by atoms with Crippen LogP contribution in [0.15, 0.2) is 4.52 Å². The lowest BCUT2D eigenvalue weighted by molar-refractivity contribution is 0.0564. The van der Waals surface area contributed by atoms with E-state index < -0.39 is 0 Å². The van der Waals surface area contributed by atoms with E-state index in [4.69, 9.17) is 4.52 Å². The molecule has 0 bridgehead atoms. The van der Waals surface area contributed by atoms with Gasteiger partial charge in [-0.05, 0) is 19.8 Å². The van der Waals surface area contributed by atoms with Crippen molar-refractivity contribution in [1.82, 2.24) is 15.0 Å². The lowest BCUT2D eigenvalue weighted by Crippen LogP contribution is -2.37. The molecule has 0 aromatic carbocycles. The van der Waals surface area contributed by atoms with Gasteiger partial charge >= 0.3 is 0 Å². The fourth-order valence-electron chi connectivity index (χ4n) is 2.01. The topological polar surface area (TPSA) is 62.4 Å². The van der Waals surface area contributed by atoms with Crippen LogP contribution in [0.2, 0.25) is 0 Å². The van der Waals surface area contributed by atoms with Gasteiger partial charge in [0.2, 0.25) is 5.89 Å². The van der Waals surface area contributed by atoms with Gasteiger partial charge in [0.25, 0.3) is 0 Å². The Morgan fingerprint density at radius 1 is 1.50 bits per heavy atom. The van der Waals surface area contributed by atoms with Crippen molar-refractivity contribution >= 4 is 0 Å². The van der Waals surface area contributed by atoms with E-state index in [1.807, 2.05) is 6.92 Å². The average Bonchev–Trinajstić information content (AvgIpc) is 2.77. The van der Waals surface area contributed by atoms with E-state index in [0.29, 0.717) is 5.89 Å². The van der Waals surface area contributed by atoms with Gasteiger partial charge < -0.3 is 9.63 Å². The smallest absolute Gasteiger partial charge is 0.243 e. The van der Waals surface area contributed by atoms with Crippen molar-refractivity contribution in [2.45, 2.75) is 45.3 Å². The maximum atomic E-state index is 9.44. The number of likely N-dealkylation sites (tertiary alicyclic amines) is 1. The zero-order valence-corrected chi connectivity index (χ0v) is 9.89. The predicted molar refractivity (Wildman–Crippen MR) is 58.9 cm³/mol. The molecule has 0 amide bonds. The molecule has 1 aromatic heterocycles. The van der Waals surface area contributed by atoms with Crippen molar-refractivity contribution in [3.8, 4) is 0 Å². The molecule has 0 unspecified atom stereocenters. The van der Waals surface area contributed by atoms with Gasteiger partial charge in [-0.2, -0.15) is 4.98 Å². The zero-order valence-electron chi connectivity index (χ0n) is 9.89. The van der Waals surface area contributed by atoms with Crippen LogP contribution in [0.4, 0.5) is 0 Å². The SMILES string of the molecule is CCc1noc([C@H](C)N2CCC(O)CC2)n1. The summed E-state index contributed by atoms with van der Waals surface area (Å²) in [5.41, 5.74) is 0. The molecule has 1 aromatic rings. The van der Waals surface area contributed by atoms with Crippen molar-refractivity contribution in [3.05, 3.63) is 11.7 Å². The minimum absolute atomic E-state index is 0.141. The Hall–Kier alpha value is -0.940. The summed E-state index contributed by atoms with van der Waals surface area (Å²) in [5, 5.41) is 13.3. The molecule has 1 fully saturated rings. The summed E-state index contributed by atoms with van der Waals surface area (Å²) in [7, 11) is 0. The Kier molecular flexibility index (Phi) is 3.56. The molecule has 0 spiro atoms. The average molecular weight is 225 g/mol. The number of piperidine rings is 1. The third-order valence-corrected chi connectivity index (χ3v) is 3.20. The van der Waals surface area contributed by atoms with Crippen LogP contribution >= 0.6 is 0 Å². The van der Waals surface area contributed by atoms with E-state index in [9.17, 15) is 5.11 Å². The Balaban J connectivity index is 1.98. The van der Waals surface area contributed by atoms with Gasteiger partial charge in [0.05, 0.1) is 12.1 Å². The minimum Gasteiger partial charge on any atom is -0.393 e. The highest BCUT2D eigenvalue weighted by Gasteiger charge is 2.25. The second kappa shape index (κ2) is 4.93. The van der Waals surface area contributed by atoms with Gasteiger partial charge in [0.1, 0.15) is 0 Å². The largest absolute Gasteiger partial charge is 0.393 e. The molecule has 5 heteroatoms. The molecule has 1 atom stereocenters. The van der Waals surface area contributed by atoms with E-state index in [2.05, 4.69) is 22.0 Å². The predicted octanol–water partition coefficient (Wildman–Crippen LogP) is 1.15. The van der Waals surface area contributed by atoms with Crippen molar-refractivity contribution in [3.63, 3.8) is 0 Å². The van der Waals surface area contributed by atoms with Gasteiger partial charge in [-0.3, -0.25) is 4.90 Å². The van der Waals surface area contributed by atoms with Crippen LogP contribution in [0.1, 0.15) is 44.4 Å². The molecule has 1 saturated heterocycles. The first-order valence-electron chi connectivity index (χ1n) is 5.95. The Morgan fingerprint density at radius 2 is 2.19 bits per heavy atom. The highest BCUT2D eigenvalue weighted by molar-refractivity contribution is 4.93. The standard InChI is InChI=1S/C11H19N3O2/c1-3-10-12-11(16-13-10)8(2)14-6-4-9(15)5-7-14/h8-9,15H,3-7H2,1-2H3/t8-/m0/s1. The van der Waals surface area contributed by atoms with Crippen LogP contribution < -0.4 is 0 Å². The molecule has 16 heavy (non-hydrogen) atoms. The summed E-state index contributed by atoms with van der Waals surface area (Å²) in [6, 6.07) is 0.153. The van der Waals surface area contributed by atoms with Crippen molar-refractivity contribution in [1.29, 1.82) is 0 Å². The normalized spacial score (nSPS) is 21.2. The number of hydrogen-bond donors (Lipinski definition) is 1. The molecule has 0 saturated carbocycles. The van der Waals surface area contributed by atoms with Gasteiger partial charge in [0, 0.05) is 19.5 Å². The molecule has 2 heterocycles. The van der Waals surface area contributed by atoms with Gasteiger partial charge in [-0.1, -0.05) is 12.1 Å². The second-order valence-corrected chi connectivity index (χ2v) is 4.35. The van der Waals surface area contributed by atoms with E-state index in [1.54, 1.807) is 0 Å².